The molecule has 33 heavy (non-hydrogen) atoms. The summed E-state index contributed by atoms with van der Waals surface area (Å²) >= 11 is 0. The smallest absolute Gasteiger partial charge is 0.244 e. The molecule has 1 heterocycles. The van der Waals surface area contributed by atoms with E-state index in [0.29, 0.717) is 11.9 Å². The predicted octanol–water partition coefficient (Wildman–Crippen LogP) is 4.15. The molecule has 3 atom stereocenters. The number of aromatic nitrogens is 1. The Morgan fingerprint density at radius 1 is 0.970 bits per heavy atom. The van der Waals surface area contributed by atoms with Crippen LogP contribution in [-0.2, 0) is 26.5 Å². The van der Waals surface area contributed by atoms with Gasteiger partial charge in [-0.05, 0) is 42.0 Å². The number of para-hydroxylation sites is 1. The molecule has 174 valence electrons. The summed E-state index contributed by atoms with van der Waals surface area (Å²) < 4.78 is 54.1. The molecule has 0 fully saturated rings. The molecule has 0 bridgehead atoms. The minimum absolute atomic E-state index is 0.111. The second kappa shape index (κ2) is 8.93. The van der Waals surface area contributed by atoms with Crippen molar-refractivity contribution in [3.63, 3.8) is 0 Å². The van der Waals surface area contributed by atoms with Gasteiger partial charge in [-0.2, -0.15) is 0 Å². The Balaban J connectivity index is 1.66. The number of fused-ring (bicyclic) bond motifs is 1. The third-order valence-corrected chi connectivity index (χ3v) is 8.90. The summed E-state index contributed by atoms with van der Waals surface area (Å²) in [4.78, 5) is 0. The maximum absolute atomic E-state index is 13.5. The summed E-state index contributed by atoms with van der Waals surface area (Å²) in [6.45, 7) is 3.71. The highest BCUT2D eigenvalue weighted by Crippen LogP contribution is 2.30. The molecule has 1 aliphatic rings. The lowest BCUT2D eigenvalue weighted by Gasteiger charge is -2.21. The van der Waals surface area contributed by atoms with Gasteiger partial charge in [0.15, 0.2) is 0 Å². The molecule has 1 aliphatic carbocycles. The molecule has 0 aliphatic heterocycles. The maximum Gasteiger partial charge on any atom is 0.246 e. The SMILES string of the molecule is CC1C=CC=CC1S(=O)(=O)n1cc(Cc2ccc([C@H](C)NS(C)(=O)=O)cc2)c2ccccc21. The van der Waals surface area contributed by atoms with Gasteiger partial charge in [0.25, 0.3) is 0 Å². The monoisotopic (exact) mass is 484 g/mol. The van der Waals surface area contributed by atoms with Crippen molar-refractivity contribution in [3.05, 3.63) is 95.7 Å². The third-order valence-electron chi connectivity index (χ3n) is 5.99. The van der Waals surface area contributed by atoms with Crippen LogP contribution in [0.15, 0.2) is 79.0 Å². The van der Waals surface area contributed by atoms with Gasteiger partial charge in [-0.1, -0.05) is 73.7 Å². The first kappa shape index (κ1) is 23.5. The van der Waals surface area contributed by atoms with Gasteiger partial charge in [-0.15, -0.1) is 0 Å². The highest BCUT2D eigenvalue weighted by Gasteiger charge is 2.31. The summed E-state index contributed by atoms with van der Waals surface area (Å²) in [5.74, 6) is -0.111. The van der Waals surface area contributed by atoms with Crippen LogP contribution >= 0.6 is 0 Å². The molecule has 0 spiro atoms. The zero-order valence-corrected chi connectivity index (χ0v) is 20.5. The number of benzene rings is 2. The van der Waals surface area contributed by atoms with E-state index in [1.54, 1.807) is 25.3 Å². The van der Waals surface area contributed by atoms with E-state index in [0.717, 1.165) is 28.3 Å². The molecule has 0 saturated heterocycles. The van der Waals surface area contributed by atoms with Gasteiger partial charge in [-0.25, -0.2) is 25.5 Å². The molecule has 1 aromatic heterocycles. The van der Waals surface area contributed by atoms with Gasteiger partial charge in [0, 0.05) is 17.6 Å². The van der Waals surface area contributed by atoms with E-state index in [9.17, 15) is 16.8 Å². The quantitative estimate of drug-likeness (QED) is 0.546. The number of allylic oxidation sites excluding steroid dienone is 3. The molecular formula is C25H28N2O4S2. The van der Waals surface area contributed by atoms with Crippen LogP contribution in [0.25, 0.3) is 10.9 Å². The van der Waals surface area contributed by atoms with Gasteiger partial charge in [0.1, 0.15) is 5.25 Å². The first-order chi connectivity index (χ1) is 15.6. The van der Waals surface area contributed by atoms with E-state index < -0.39 is 25.3 Å². The second-order valence-corrected chi connectivity index (χ2v) is 12.4. The Hall–Kier alpha value is -2.68. The molecule has 0 amide bonds. The van der Waals surface area contributed by atoms with Gasteiger partial charge < -0.3 is 0 Å². The summed E-state index contributed by atoms with van der Waals surface area (Å²) in [5, 5.41) is 0.287. The molecule has 1 N–H and O–H groups in total. The van der Waals surface area contributed by atoms with Crippen molar-refractivity contribution in [1.29, 1.82) is 0 Å². The molecule has 8 heteroatoms. The molecular weight excluding hydrogens is 456 g/mol. The average Bonchev–Trinajstić information content (AvgIpc) is 3.12. The van der Waals surface area contributed by atoms with Crippen molar-refractivity contribution < 1.29 is 16.8 Å². The van der Waals surface area contributed by atoms with E-state index in [-0.39, 0.29) is 12.0 Å². The largest absolute Gasteiger partial charge is 0.246 e. The minimum atomic E-state index is -3.63. The zero-order valence-electron chi connectivity index (χ0n) is 18.8. The number of hydrogen-bond donors (Lipinski definition) is 1. The Kier molecular flexibility index (Phi) is 6.35. The normalized spacial score (nSPS) is 19.7. The van der Waals surface area contributed by atoms with Crippen molar-refractivity contribution in [2.75, 3.05) is 6.26 Å². The van der Waals surface area contributed by atoms with Crippen LogP contribution in [0.4, 0.5) is 0 Å². The Bertz CT molecular complexity index is 1430. The number of hydrogen-bond acceptors (Lipinski definition) is 4. The molecule has 6 nitrogen and oxygen atoms in total. The maximum atomic E-state index is 13.5. The summed E-state index contributed by atoms with van der Waals surface area (Å²) in [6.07, 6.45) is 10.8. The highest BCUT2D eigenvalue weighted by atomic mass is 32.2. The van der Waals surface area contributed by atoms with Crippen molar-refractivity contribution in [2.24, 2.45) is 5.92 Å². The Labute approximate surface area is 195 Å². The van der Waals surface area contributed by atoms with Crippen LogP contribution in [0, 0.1) is 5.92 Å². The molecule has 3 aromatic rings. The summed E-state index contributed by atoms with van der Waals surface area (Å²) in [7, 11) is -6.93. The Morgan fingerprint density at radius 3 is 2.30 bits per heavy atom. The molecule has 0 saturated carbocycles. The molecule has 0 radical (unpaired) electrons. The van der Waals surface area contributed by atoms with Crippen molar-refractivity contribution in [2.45, 2.75) is 31.6 Å². The number of nitrogens with one attached hydrogen (secondary N) is 1. The van der Waals surface area contributed by atoms with E-state index in [2.05, 4.69) is 4.72 Å². The van der Waals surface area contributed by atoms with Gasteiger partial charge >= 0.3 is 0 Å². The fraction of sp³-hybridized carbons (Fsp3) is 0.280. The van der Waals surface area contributed by atoms with Crippen molar-refractivity contribution in [1.82, 2.24) is 8.69 Å². The van der Waals surface area contributed by atoms with Gasteiger partial charge in [0.05, 0.1) is 11.8 Å². The van der Waals surface area contributed by atoms with Gasteiger partial charge in [0.2, 0.25) is 20.0 Å². The van der Waals surface area contributed by atoms with Crippen LogP contribution < -0.4 is 4.72 Å². The highest BCUT2D eigenvalue weighted by molar-refractivity contribution is 7.90. The molecule has 2 aromatic carbocycles. The fourth-order valence-corrected chi connectivity index (χ4v) is 6.97. The second-order valence-electron chi connectivity index (χ2n) is 8.64. The van der Waals surface area contributed by atoms with Crippen molar-refractivity contribution >= 4 is 30.9 Å². The molecule has 4 rings (SSSR count). The van der Waals surface area contributed by atoms with Crippen LogP contribution in [0.1, 0.15) is 36.6 Å². The number of nitrogens with zero attached hydrogens (tertiary/aromatic N) is 1. The van der Waals surface area contributed by atoms with E-state index >= 15 is 0 Å². The average molecular weight is 485 g/mol. The van der Waals surface area contributed by atoms with Crippen molar-refractivity contribution in [3.8, 4) is 0 Å². The summed E-state index contributed by atoms with van der Waals surface area (Å²) in [5.41, 5.74) is 3.47. The van der Waals surface area contributed by atoms with Crippen LogP contribution in [0.3, 0.4) is 0 Å². The zero-order chi connectivity index (χ0) is 23.8. The standard InChI is InChI=1S/C25H28N2O4S2/c1-18-8-4-7-11-25(18)33(30,31)27-17-22(23-9-5-6-10-24(23)27)16-20-12-14-21(15-13-20)19(2)26-32(3,28)29/h4-15,17-19,25-26H,16H2,1-3H3/t18?,19-,25?/m0/s1. The van der Waals surface area contributed by atoms with Crippen LogP contribution in [-0.4, -0.2) is 32.3 Å². The topological polar surface area (TPSA) is 85.2 Å². The first-order valence-electron chi connectivity index (χ1n) is 10.8. The lowest BCUT2D eigenvalue weighted by molar-refractivity contribution is 0.564. The lowest BCUT2D eigenvalue weighted by atomic mass is 10.0. The third kappa shape index (κ3) is 4.98. The Morgan fingerprint density at radius 2 is 1.64 bits per heavy atom. The lowest BCUT2D eigenvalue weighted by Crippen LogP contribution is -2.31. The number of sulfonamides is 1. The van der Waals surface area contributed by atoms with E-state index in [4.69, 9.17) is 0 Å². The minimum Gasteiger partial charge on any atom is -0.244 e. The van der Waals surface area contributed by atoms with Gasteiger partial charge in [-0.3, -0.25) is 0 Å². The van der Waals surface area contributed by atoms with E-state index in [1.165, 1.54) is 3.97 Å². The molecule has 2 unspecified atom stereocenters. The van der Waals surface area contributed by atoms with Crippen LogP contribution in [0.2, 0.25) is 0 Å². The van der Waals surface area contributed by atoms with E-state index in [1.807, 2.05) is 67.6 Å². The number of rotatable bonds is 7. The predicted molar refractivity (Wildman–Crippen MR) is 133 cm³/mol. The fourth-order valence-electron chi connectivity index (χ4n) is 4.30. The van der Waals surface area contributed by atoms with Crippen LogP contribution in [0.5, 0.6) is 0 Å². The summed E-state index contributed by atoms with van der Waals surface area (Å²) in [6, 6.07) is 14.9. The first-order valence-corrected chi connectivity index (χ1v) is 14.2.